The van der Waals surface area contributed by atoms with Crippen molar-refractivity contribution in [2.24, 2.45) is 11.1 Å². The molecule has 1 unspecified atom stereocenters. The van der Waals surface area contributed by atoms with Gasteiger partial charge in [-0.15, -0.1) is 0 Å². The zero-order chi connectivity index (χ0) is 12.6. The highest BCUT2D eigenvalue weighted by molar-refractivity contribution is 4.74. The fraction of sp³-hybridized carbons (Fsp3) is 1.00. The first-order valence-electron chi connectivity index (χ1n) is 6.81. The summed E-state index contributed by atoms with van der Waals surface area (Å²) in [6.07, 6.45) is 6.61. The highest BCUT2D eigenvalue weighted by Crippen LogP contribution is 2.17. The Hall–Kier alpha value is -0.0800. The highest BCUT2D eigenvalue weighted by Gasteiger charge is 2.19. The minimum absolute atomic E-state index is 0.367. The molecule has 0 heterocycles. The van der Waals surface area contributed by atoms with E-state index in [4.69, 9.17) is 5.73 Å². The number of hydrogen-bond acceptors (Lipinski definition) is 2. The van der Waals surface area contributed by atoms with Crippen molar-refractivity contribution in [2.45, 2.75) is 65.8 Å². The van der Waals surface area contributed by atoms with E-state index < -0.39 is 0 Å². The zero-order valence-corrected chi connectivity index (χ0v) is 12.1. The highest BCUT2D eigenvalue weighted by atomic mass is 15.1. The normalized spacial score (nSPS) is 14.4. The van der Waals surface area contributed by atoms with Crippen molar-refractivity contribution >= 4 is 0 Å². The summed E-state index contributed by atoms with van der Waals surface area (Å²) in [6.45, 7) is 11.0. The van der Waals surface area contributed by atoms with Gasteiger partial charge in [0.05, 0.1) is 0 Å². The summed E-state index contributed by atoms with van der Waals surface area (Å²) in [4.78, 5) is 2.44. The van der Waals surface area contributed by atoms with Gasteiger partial charge in [-0.1, -0.05) is 53.4 Å². The molecule has 0 aromatic rings. The van der Waals surface area contributed by atoms with E-state index in [1.807, 2.05) is 0 Å². The number of unbranched alkanes of at least 4 members (excludes halogenated alkanes) is 3. The van der Waals surface area contributed by atoms with Crippen LogP contribution in [0.1, 0.15) is 59.8 Å². The molecule has 0 saturated heterocycles. The van der Waals surface area contributed by atoms with Crippen molar-refractivity contribution in [1.82, 2.24) is 4.90 Å². The monoisotopic (exact) mass is 228 g/mol. The van der Waals surface area contributed by atoms with Gasteiger partial charge in [-0.25, -0.2) is 0 Å². The second kappa shape index (κ2) is 8.08. The van der Waals surface area contributed by atoms with Crippen LogP contribution < -0.4 is 5.73 Å². The van der Waals surface area contributed by atoms with Crippen molar-refractivity contribution in [3.8, 4) is 0 Å². The predicted molar refractivity (Wildman–Crippen MR) is 73.7 cm³/mol. The topological polar surface area (TPSA) is 29.3 Å². The number of rotatable bonds is 8. The molecular weight excluding hydrogens is 196 g/mol. The summed E-state index contributed by atoms with van der Waals surface area (Å²) < 4.78 is 0. The molecule has 0 amide bonds. The van der Waals surface area contributed by atoms with Crippen molar-refractivity contribution in [3.63, 3.8) is 0 Å². The number of hydrogen-bond donors (Lipinski definition) is 1. The maximum absolute atomic E-state index is 5.87. The van der Waals surface area contributed by atoms with Crippen LogP contribution in [0.25, 0.3) is 0 Å². The van der Waals surface area contributed by atoms with E-state index in [1.54, 1.807) is 0 Å². The second-order valence-corrected chi connectivity index (χ2v) is 6.21. The Morgan fingerprint density at radius 1 is 1.12 bits per heavy atom. The van der Waals surface area contributed by atoms with Crippen molar-refractivity contribution in [1.29, 1.82) is 0 Å². The van der Waals surface area contributed by atoms with Gasteiger partial charge in [0, 0.05) is 19.1 Å². The van der Waals surface area contributed by atoms with Gasteiger partial charge >= 0.3 is 0 Å². The van der Waals surface area contributed by atoms with Gasteiger partial charge in [0.25, 0.3) is 0 Å². The summed E-state index contributed by atoms with van der Waals surface area (Å²) in [5.41, 5.74) is 6.23. The maximum Gasteiger partial charge on any atom is 0.0215 e. The number of likely N-dealkylation sites (N-methyl/N-ethyl adjacent to an activating group) is 1. The maximum atomic E-state index is 5.87. The Morgan fingerprint density at radius 2 is 1.75 bits per heavy atom. The summed E-state index contributed by atoms with van der Waals surface area (Å²) in [6, 6.07) is 0.566. The summed E-state index contributed by atoms with van der Waals surface area (Å²) in [5.74, 6) is 0. The lowest BCUT2D eigenvalue weighted by Crippen LogP contribution is -2.42. The summed E-state index contributed by atoms with van der Waals surface area (Å²) in [7, 11) is 2.21. The first-order valence-corrected chi connectivity index (χ1v) is 6.81. The van der Waals surface area contributed by atoms with E-state index in [0.29, 0.717) is 11.5 Å². The minimum Gasteiger partial charge on any atom is -0.329 e. The van der Waals surface area contributed by atoms with Gasteiger partial charge in [0.2, 0.25) is 0 Å². The minimum atomic E-state index is 0.367. The van der Waals surface area contributed by atoms with Crippen LogP contribution >= 0.6 is 0 Å². The Morgan fingerprint density at radius 3 is 2.19 bits per heavy atom. The molecule has 0 aromatic carbocycles. The van der Waals surface area contributed by atoms with E-state index in [0.717, 1.165) is 13.1 Å². The van der Waals surface area contributed by atoms with E-state index >= 15 is 0 Å². The fourth-order valence-corrected chi connectivity index (χ4v) is 2.20. The third-order valence-electron chi connectivity index (χ3n) is 3.01. The molecule has 0 aliphatic heterocycles. The molecule has 1 atom stereocenters. The van der Waals surface area contributed by atoms with Crippen LogP contribution in [-0.4, -0.2) is 31.1 Å². The van der Waals surface area contributed by atoms with E-state index in [2.05, 4.69) is 39.6 Å². The van der Waals surface area contributed by atoms with Crippen LogP contribution in [0.3, 0.4) is 0 Å². The van der Waals surface area contributed by atoms with Crippen LogP contribution in [0.5, 0.6) is 0 Å². The molecule has 0 bridgehead atoms. The largest absolute Gasteiger partial charge is 0.329 e. The molecule has 0 radical (unpaired) electrons. The summed E-state index contributed by atoms with van der Waals surface area (Å²) in [5, 5.41) is 0. The molecule has 0 rings (SSSR count). The average Bonchev–Trinajstić information content (AvgIpc) is 2.15. The molecule has 98 valence electrons. The Bertz CT molecular complexity index is 161. The van der Waals surface area contributed by atoms with Gasteiger partial charge in [-0.3, -0.25) is 0 Å². The molecule has 0 aliphatic rings. The first-order chi connectivity index (χ1) is 7.40. The van der Waals surface area contributed by atoms with Gasteiger partial charge < -0.3 is 10.6 Å². The van der Waals surface area contributed by atoms with Crippen molar-refractivity contribution < 1.29 is 0 Å². The van der Waals surface area contributed by atoms with Crippen LogP contribution in [-0.2, 0) is 0 Å². The first kappa shape index (κ1) is 15.9. The molecule has 2 nitrogen and oxygen atoms in total. The van der Waals surface area contributed by atoms with E-state index in [1.165, 1.54) is 32.1 Å². The predicted octanol–water partition coefficient (Wildman–Crippen LogP) is 3.26. The van der Waals surface area contributed by atoms with Crippen LogP contribution in [0.15, 0.2) is 0 Å². The molecule has 2 N–H and O–H groups in total. The molecule has 0 aliphatic carbocycles. The van der Waals surface area contributed by atoms with Crippen LogP contribution in [0.4, 0.5) is 0 Å². The Balaban J connectivity index is 3.87. The van der Waals surface area contributed by atoms with E-state index in [9.17, 15) is 0 Å². The van der Waals surface area contributed by atoms with Crippen molar-refractivity contribution in [3.05, 3.63) is 0 Å². The lowest BCUT2D eigenvalue weighted by Gasteiger charge is -2.32. The number of nitrogens with two attached hydrogens (primary N) is 1. The molecule has 0 saturated carbocycles. The van der Waals surface area contributed by atoms with Gasteiger partial charge in [-0.2, -0.15) is 0 Å². The molecule has 0 spiro atoms. The SMILES string of the molecule is CCCCCCC(CN)N(C)CC(C)(C)C. The van der Waals surface area contributed by atoms with E-state index in [-0.39, 0.29) is 0 Å². The molecule has 2 heteroatoms. The van der Waals surface area contributed by atoms with Gasteiger partial charge in [0.1, 0.15) is 0 Å². The molecule has 0 aromatic heterocycles. The Labute approximate surface area is 103 Å². The third kappa shape index (κ3) is 8.12. The smallest absolute Gasteiger partial charge is 0.0215 e. The Kier molecular flexibility index (Phi) is 8.04. The quantitative estimate of drug-likeness (QED) is 0.646. The molecule has 16 heavy (non-hydrogen) atoms. The fourth-order valence-electron chi connectivity index (χ4n) is 2.20. The standard InChI is InChI=1S/C14H32N2/c1-6-7-8-9-10-13(11-15)16(5)12-14(2,3)4/h13H,6-12,15H2,1-5H3. The van der Waals surface area contributed by atoms with Gasteiger partial charge in [-0.05, 0) is 18.9 Å². The number of nitrogens with zero attached hydrogens (tertiary/aromatic N) is 1. The zero-order valence-electron chi connectivity index (χ0n) is 12.1. The molecule has 0 fully saturated rings. The molecular formula is C14H32N2. The third-order valence-corrected chi connectivity index (χ3v) is 3.01. The summed E-state index contributed by atoms with van der Waals surface area (Å²) >= 11 is 0. The lowest BCUT2D eigenvalue weighted by atomic mass is 9.95. The second-order valence-electron chi connectivity index (χ2n) is 6.21. The van der Waals surface area contributed by atoms with Crippen LogP contribution in [0, 0.1) is 5.41 Å². The van der Waals surface area contributed by atoms with Crippen LogP contribution in [0.2, 0.25) is 0 Å². The van der Waals surface area contributed by atoms with Gasteiger partial charge in [0.15, 0.2) is 0 Å². The van der Waals surface area contributed by atoms with Crippen molar-refractivity contribution in [2.75, 3.05) is 20.1 Å². The lowest BCUT2D eigenvalue weighted by molar-refractivity contribution is 0.166. The average molecular weight is 228 g/mol.